The predicted molar refractivity (Wildman–Crippen MR) is 70.9 cm³/mol. The van der Waals surface area contributed by atoms with Gasteiger partial charge in [0.15, 0.2) is 11.4 Å². The van der Waals surface area contributed by atoms with Gasteiger partial charge in [-0.25, -0.2) is 4.98 Å². The van der Waals surface area contributed by atoms with Crippen LogP contribution < -0.4 is 5.32 Å². The number of anilines is 1. The van der Waals surface area contributed by atoms with E-state index in [2.05, 4.69) is 10.3 Å². The zero-order valence-corrected chi connectivity index (χ0v) is 11.2. The number of rotatable bonds is 3. The number of aliphatic hydroxyl groups excluding tert-OH is 1. The number of carbonyl (C=O) groups excluding carboxylic acids is 1. The maximum Gasteiger partial charge on any atom is 0.270 e. The van der Waals surface area contributed by atoms with Crippen molar-refractivity contribution in [2.75, 3.05) is 5.32 Å². The van der Waals surface area contributed by atoms with E-state index >= 15 is 0 Å². The largest absolute Gasteiger partial charge is 0.510 e. The Labute approximate surface area is 119 Å². The summed E-state index contributed by atoms with van der Waals surface area (Å²) in [6.07, 6.45) is 2.88. The predicted octanol–water partition coefficient (Wildman–Crippen LogP) is 3.07. The number of pyridine rings is 1. The molecule has 0 aromatic carbocycles. The van der Waals surface area contributed by atoms with E-state index in [1.807, 2.05) is 0 Å². The maximum absolute atomic E-state index is 11.9. The van der Waals surface area contributed by atoms with Gasteiger partial charge >= 0.3 is 0 Å². The van der Waals surface area contributed by atoms with Gasteiger partial charge in [-0.15, -0.1) is 0 Å². The zero-order chi connectivity index (χ0) is 14.0. The van der Waals surface area contributed by atoms with Gasteiger partial charge in [-0.3, -0.25) is 4.79 Å². The van der Waals surface area contributed by atoms with Gasteiger partial charge in [0.2, 0.25) is 0 Å². The number of nitrogens with one attached hydrogen (secondary N) is 1. The lowest BCUT2D eigenvalue weighted by Gasteiger charge is -2.06. The van der Waals surface area contributed by atoms with Crippen LogP contribution in [0.1, 0.15) is 12.8 Å². The molecule has 0 saturated heterocycles. The van der Waals surface area contributed by atoms with Gasteiger partial charge in [-0.05, 0) is 18.9 Å². The first-order valence-corrected chi connectivity index (χ1v) is 6.24. The molecule has 7 heteroatoms. The number of hydrogen-bond donors (Lipinski definition) is 2. The number of aliphatic hydroxyl groups is 1. The molecular formula is C12H9Cl2N3O2. The standard InChI is InChI=1S/C12H9Cl2N3O2/c13-7-3-9(14)11(16-5-7)17-12(19)8(4-15)10(18)6-1-2-6/h3,5-6,18H,1-2H2,(H,16,17,19)/b10-8-. The van der Waals surface area contributed by atoms with Crippen LogP contribution in [0.3, 0.4) is 0 Å². The van der Waals surface area contributed by atoms with Crippen molar-refractivity contribution in [2.45, 2.75) is 12.8 Å². The Bertz CT molecular complexity index is 603. The maximum atomic E-state index is 11.9. The molecule has 19 heavy (non-hydrogen) atoms. The minimum Gasteiger partial charge on any atom is -0.510 e. The summed E-state index contributed by atoms with van der Waals surface area (Å²) in [5.74, 6) is -0.907. The van der Waals surface area contributed by atoms with Crippen molar-refractivity contribution in [2.24, 2.45) is 5.92 Å². The molecule has 2 N–H and O–H groups in total. The lowest BCUT2D eigenvalue weighted by Crippen LogP contribution is -2.17. The Hall–Kier alpha value is -1.77. The van der Waals surface area contributed by atoms with Crippen molar-refractivity contribution in [1.82, 2.24) is 4.98 Å². The summed E-state index contributed by atoms with van der Waals surface area (Å²) in [5, 5.41) is 21.5. The summed E-state index contributed by atoms with van der Waals surface area (Å²) in [6, 6.07) is 3.11. The van der Waals surface area contributed by atoms with Gasteiger partial charge in [0.05, 0.1) is 10.0 Å². The van der Waals surface area contributed by atoms with E-state index < -0.39 is 5.91 Å². The second-order valence-electron chi connectivity index (χ2n) is 4.08. The first-order valence-electron chi connectivity index (χ1n) is 5.48. The second kappa shape index (κ2) is 5.47. The van der Waals surface area contributed by atoms with E-state index in [9.17, 15) is 9.90 Å². The highest BCUT2D eigenvalue weighted by atomic mass is 35.5. The van der Waals surface area contributed by atoms with E-state index in [0.717, 1.165) is 12.8 Å². The number of allylic oxidation sites excluding steroid dienone is 1. The quantitative estimate of drug-likeness (QED) is 0.510. The highest BCUT2D eigenvalue weighted by molar-refractivity contribution is 6.36. The van der Waals surface area contributed by atoms with Crippen molar-refractivity contribution in [3.8, 4) is 6.07 Å². The molecule has 0 atom stereocenters. The highest BCUT2D eigenvalue weighted by Crippen LogP contribution is 2.36. The lowest BCUT2D eigenvalue weighted by atomic mass is 10.2. The summed E-state index contributed by atoms with van der Waals surface area (Å²) < 4.78 is 0. The third kappa shape index (κ3) is 3.16. The number of nitriles is 1. The normalized spacial score (nSPS) is 15.4. The van der Waals surface area contributed by atoms with Crippen LogP contribution in [0.15, 0.2) is 23.6 Å². The number of aromatic nitrogens is 1. The SMILES string of the molecule is N#C/C(C(=O)Nc1ncc(Cl)cc1Cl)=C(/O)C1CC1. The van der Waals surface area contributed by atoms with Crippen molar-refractivity contribution < 1.29 is 9.90 Å². The van der Waals surface area contributed by atoms with Crippen molar-refractivity contribution in [1.29, 1.82) is 5.26 Å². The lowest BCUT2D eigenvalue weighted by molar-refractivity contribution is -0.112. The van der Waals surface area contributed by atoms with Crippen LogP contribution in [0.4, 0.5) is 5.82 Å². The fourth-order valence-corrected chi connectivity index (χ4v) is 1.89. The minimum absolute atomic E-state index is 0.0888. The minimum atomic E-state index is -0.733. The average molecular weight is 298 g/mol. The molecule has 1 aromatic heterocycles. The summed E-state index contributed by atoms with van der Waals surface area (Å²) in [6.45, 7) is 0. The van der Waals surface area contributed by atoms with Crippen LogP contribution in [0.5, 0.6) is 0 Å². The molecule has 5 nitrogen and oxygen atoms in total. The first kappa shape index (κ1) is 13.7. The van der Waals surface area contributed by atoms with Gasteiger partial charge in [-0.2, -0.15) is 5.26 Å². The van der Waals surface area contributed by atoms with Crippen LogP contribution in [-0.4, -0.2) is 16.0 Å². The molecule has 1 aromatic rings. The van der Waals surface area contributed by atoms with E-state index in [4.69, 9.17) is 28.5 Å². The molecule has 0 spiro atoms. The highest BCUT2D eigenvalue weighted by Gasteiger charge is 2.31. The van der Waals surface area contributed by atoms with Crippen LogP contribution in [0.25, 0.3) is 0 Å². The monoisotopic (exact) mass is 297 g/mol. The fourth-order valence-electron chi connectivity index (χ4n) is 1.46. The second-order valence-corrected chi connectivity index (χ2v) is 4.93. The molecule has 1 saturated carbocycles. The van der Waals surface area contributed by atoms with E-state index in [0.29, 0.717) is 5.02 Å². The van der Waals surface area contributed by atoms with Gasteiger partial charge in [0.25, 0.3) is 5.91 Å². The topological polar surface area (TPSA) is 86.0 Å². The Morgan fingerprint density at radius 3 is 2.74 bits per heavy atom. The molecule has 1 heterocycles. The Kier molecular flexibility index (Phi) is 3.93. The summed E-state index contributed by atoms with van der Waals surface area (Å²) in [5.41, 5.74) is -0.310. The molecule has 0 bridgehead atoms. The first-order chi connectivity index (χ1) is 9.02. The van der Waals surface area contributed by atoms with Crippen LogP contribution in [-0.2, 0) is 4.79 Å². The Balaban J connectivity index is 2.21. The molecule has 1 aliphatic rings. The van der Waals surface area contributed by atoms with Crippen molar-refractivity contribution >= 4 is 34.9 Å². The fraction of sp³-hybridized carbons (Fsp3) is 0.250. The molecule has 98 valence electrons. The summed E-state index contributed by atoms with van der Waals surface area (Å²) >= 11 is 11.5. The number of hydrogen-bond acceptors (Lipinski definition) is 4. The van der Waals surface area contributed by atoms with Crippen LogP contribution in [0, 0.1) is 17.2 Å². The third-order valence-corrected chi connectivity index (χ3v) is 3.09. The molecule has 1 fully saturated rings. The van der Waals surface area contributed by atoms with Crippen LogP contribution >= 0.6 is 23.2 Å². The van der Waals surface area contributed by atoms with E-state index in [-0.39, 0.29) is 28.1 Å². The van der Waals surface area contributed by atoms with Crippen LogP contribution in [0.2, 0.25) is 10.0 Å². The smallest absolute Gasteiger partial charge is 0.270 e. The molecule has 0 radical (unpaired) electrons. The number of carbonyl (C=O) groups is 1. The van der Waals surface area contributed by atoms with E-state index in [1.165, 1.54) is 12.3 Å². The molecule has 0 unspecified atom stereocenters. The van der Waals surface area contributed by atoms with Gasteiger partial charge < -0.3 is 10.4 Å². The Morgan fingerprint density at radius 1 is 1.53 bits per heavy atom. The van der Waals surface area contributed by atoms with Gasteiger partial charge in [0, 0.05) is 12.1 Å². The van der Waals surface area contributed by atoms with Crippen molar-refractivity contribution in [3.63, 3.8) is 0 Å². The molecule has 1 amide bonds. The molecule has 2 rings (SSSR count). The summed E-state index contributed by atoms with van der Waals surface area (Å²) in [4.78, 5) is 15.7. The number of amides is 1. The Morgan fingerprint density at radius 2 is 2.21 bits per heavy atom. The third-order valence-electron chi connectivity index (χ3n) is 2.60. The van der Waals surface area contributed by atoms with Gasteiger partial charge in [0.1, 0.15) is 11.8 Å². The van der Waals surface area contributed by atoms with Gasteiger partial charge in [-0.1, -0.05) is 23.2 Å². The average Bonchev–Trinajstić information content (AvgIpc) is 3.17. The summed E-state index contributed by atoms with van der Waals surface area (Å²) in [7, 11) is 0. The molecule has 0 aliphatic heterocycles. The zero-order valence-electron chi connectivity index (χ0n) is 9.65. The number of nitrogens with zero attached hydrogens (tertiary/aromatic N) is 2. The number of halogens is 2. The molecular weight excluding hydrogens is 289 g/mol. The molecule has 1 aliphatic carbocycles. The van der Waals surface area contributed by atoms with E-state index in [1.54, 1.807) is 6.07 Å². The van der Waals surface area contributed by atoms with Crippen molar-refractivity contribution in [3.05, 3.63) is 33.6 Å².